The minimum absolute atomic E-state index is 0.0870. The molecule has 0 radical (unpaired) electrons. The zero-order valence-corrected chi connectivity index (χ0v) is 9.50. The lowest BCUT2D eigenvalue weighted by Gasteiger charge is -2.03. The highest BCUT2D eigenvalue weighted by Gasteiger charge is 2.19. The standard InChI is InChI=1S/C12H12F2N2O/c1-6(2)9-5-16-12(17-9)10-7(13)3-4-8(15)11(10)14/h3-6H,15H2,1-2H3. The van der Waals surface area contributed by atoms with Crippen molar-refractivity contribution < 1.29 is 13.2 Å². The maximum atomic E-state index is 13.7. The predicted octanol–water partition coefficient (Wildman–Crippen LogP) is 3.33. The molecular formula is C12H12F2N2O. The first-order chi connectivity index (χ1) is 8.00. The van der Waals surface area contributed by atoms with Gasteiger partial charge in [0.2, 0.25) is 5.89 Å². The van der Waals surface area contributed by atoms with Crippen molar-refractivity contribution in [1.82, 2.24) is 4.98 Å². The number of nitrogens with zero attached hydrogens (tertiary/aromatic N) is 1. The van der Waals surface area contributed by atoms with Gasteiger partial charge in [-0.1, -0.05) is 13.8 Å². The summed E-state index contributed by atoms with van der Waals surface area (Å²) in [4.78, 5) is 3.87. The molecule has 0 spiro atoms. The van der Waals surface area contributed by atoms with Crippen LogP contribution in [0.2, 0.25) is 0 Å². The monoisotopic (exact) mass is 238 g/mol. The topological polar surface area (TPSA) is 52.0 Å². The molecule has 2 rings (SSSR count). The molecule has 0 fully saturated rings. The first-order valence-electron chi connectivity index (χ1n) is 5.20. The number of aromatic nitrogens is 1. The van der Waals surface area contributed by atoms with E-state index in [1.807, 2.05) is 13.8 Å². The molecular weight excluding hydrogens is 226 g/mol. The summed E-state index contributed by atoms with van der Waals surface area (Å²) in [5, 5.41) is 0. The highest BCUT2D eigenvalue weighted by Crippen LogP contribution is 2.30. The minimum atomic E-state index is -0.845. The van der Waals surface area contributed by atoms with Crippen LogP contribution in [0, 0.1) is 11.6 Å². The predicted molar refractivity (Wildman–Crippen MR) is 60.4 cm³/mol. The zero-order chi connectivity index (χ0) is 12.6. The number of halogens is 2. The van der Waals surface area contributed by atoms with E-state index >= 15 is 0 Å². The molecule has 1 aromatic heterocycles. The van der Waals surface area contributed by atoms with Gasteiger partial charge < -0.3 is 10.2 Å². The Bertz CT molecular complexity index is 549. The van der Waals surface area contributed by atoms with E-state index in [1.54, 1.807) is 0 Å². The molecule has 0 atom stereocenters. The van der Waals surface area contributed by atoms with Crippen LogP contribution in [0.3, 0.4) is 0 Å². The minimum Gasteiger partial charge on any atom is -0.441 e. The average Bonchev–Trinajstić information content (AvgIpc) is 2.73. The van der Waals surface area contributed by atoms with Crippen molar-refractivity contribution >= 4 is 5.69 Å². The molecule has 2 aromatic rings. The molecule has 0 aliphatic heterocycles. The number of hydrogen-bond acceptors (Lipinski definition) is 3. The Hall–Kier alpha value is -1.91. The van der Waals surface area contributed by atoms with Crippen molar-refractivity contribution in [2.45, 2.75) is 19.8 Å². The number of nitrogens with two attached hydrogens (primary N) is 1. The van der Waals surface area contributed by atoms with Gasteiger partial charge in [0.25, 0.3) is 0 Å². The van der Waals surface area contributed by atoms with Gasteiger partial charge in [-0.2, -0.15) is 0 Å². The third kappa shape index (κ3) is 2.00. The molecule has 3 nitrogen and oxygen atoms in total. The van der Waals surface area contributed by atoms with Gasteiger partial charge in [0, 0.05) is 5.92 Å². The maximum Gasteiger partial charge on any atom is 0.232 e. The highest BCUT2D eigenvalue weighted by molar-refractivity contribution is 5.62. The molecule has 2 N–H and O–H groups in total. The SMILES string of the molecule is CC(C)c1cnc(-c2c(F)ccc(N)c2F)o1. The Morgan fingerprint density at radius 1 is 1.29 bits per heavy atom. The fourth-order valence-corrected chi connectivity index (χ4v) is 1.43. The van der Waals surface area contributed by atoms with Gasteiger partial charge in [0.05, 0.1) is 11.9 Å². The lowest BCUT2D eigenvalue weighted by atomic mass is 10.1. The molecule has 1 aromatic carbocycles. The number of nitrogen functional groups attached to an aromatic ring is 1. The normalized spacial score (nSPS) is 11.1. The van der Waals surface area contributed by atoms with Gasteiger partial charge in [0.15, 0.2) is 5.82 Å². The number of anilines is 1. The summed E-state index contributed by atoms with van der Waals surface area (Å²) in [6, 6.07) is 2.26. The third-order valence-corrected chi connectivity index (χ3v) is 2.43. The summed E-state index contributed by atoms with van der Waals surface area (Å²) in [7, 11) is 0. The van der Waals surface area contributed by atoms with Crippen molar-refractivity contribution in [3.63, 3.8) is 0 Å². The molecule has 0 saturated heterocycles. The molecule has 0 unspecified atom stereocenters. The summed E-state index contributed by atoms with van der Waals surface area (Å²) in [6.45, 7) is 3.80. The van der Waals surface area contributed by atoms with Crippen LogP contribution in [0.4, 0.5) is 14.5 Å². The lowest BCUT2D eigenvalue weighted by Crippen LogP contribution is -1.96. The molecule has 0 saturated carbocycles. The third-order valence-electron chi connectivity index (χ3n) is 2.43. The largest absolute Gasteiger partial charge is 0.441 e. The fourth-order valence-electron chi connectivity index (χ4n) is 1.43. The molecule has 0 bridgehead atoms. The van der Waals surface area contributed by atoms with Gasteiger partial charge in [-0.25, -0.2) is 13.8 Å². The van der Waals surface area contributed by atoms with E-state index in [1.165, 1.54) is 12.3 Å². The Kier molecular flexibility index (Phi) is 2.83. The first kappa shape index (κ1) is 11.6. The van der Waals surface area contributed by atoms with Gasteiger partial charge in [0.1, 0.15) is 17.1 Å². The summed E-state index contributed by atoms with van der Waals surface area (Å²) in [6.07, 6.45) is 1.46. The molecule has 0 amide bonds. The van der Waals surface area contributed by atoms with E-state index in [2.05, 4.69) is 4.98 Å². The number of hydrogen-bond donors (Lipinski definition) is 1. The smallest absolute Gasteiger partial charge is 0.232 e. The fraction of sp³-hybridized carbons (Fsp3) is 0.250. The summed E-state index contributed by atoms with van der Waals surface area (Å²) >= 11 is 0. The Balaban J connectivity index is 2.56. The molecule has 5 heteroatoms. The lowest BCUT2D eigenvalue weighted by molar-refractivity contribution is 0.485. The van der Waals surface area contributed by atoms with Crippen molar-refractivity contribution in [1.29, 1.82) is 0 Å². The van der Waals surface area contributed by atoms with Crippen LogP contribution in [0.5, 0.6) is 0 Å². The van der Waals surface area contributed by atoms with Crippen LogP contribution in [-0.2, 0) is 0 Å². The number of rotatable bonds is 2. The van der Waals surface area contributed by atoms with Crippen molar-refractivity contribution in [2.75, 3.05) is 5.73 Å². The number of oxazole rings is 1. The summed E-state index contributed by atoms with van der Waals surface area (Å²) < 4.78 is 32.5. The molecule has 0 aliphatic rings. The quantitative estimate of drug-likeness (QED) is 0.816. The summed E-state index contributed by atoms with van der Waals surface area (Å²) in [5.41, 5.74) is 4.93. The maximum absolute atomic E-state index is 13.7. The molecule has 90 valence electrons. The highest BCUT2D eigenvalue weighted by atomic mass is 19.1. The van der Waals surface area contributed by atoms with Crippen LogP contribution in [-0.4, -0.2) is 4.98 Å². The average molecular weight is 238 g/mol. The Labute approximate surface area is 97.3 Å². The second-order valence-corrected chi connectivity index (χ2v) is 4.05. The second-order valence-electron chi connectivity index (χ2n) is 4.05. The molecule has 17 heavy (non-hydrogen) atoms. The van der Waals surface area contributed by atoms with Gasteiger partial charge in [-0.15, -0.1) is 0 Å². The van der Waals surface area contributed by atoms with Gasteiger partial charge in [-0.3, -0.25) is 0 Å². The van der Waals surface area contributed by atoms with Crippen molar-refractivity contribution in [3.05, 3.63) is 35.7 Å². The van der Waals surface area contributed by atoms with Crippen LogP contribution >= 0.6 is 0 Å². The summed E-state index contributed by atoms with van der Waals surface area (Å²) in [5.74, 6) is -1.00. The van der Waals surface area contributed by atoms with Crippen LogP contribution in [0.25, 0.3) is 11.5 Å². The van der Waals surface area contributed by atoms with Crippen LogP contribution in [0.1, 0.15) is 25.5 Å². The van der Waals surface area contributed by atoms with Crippen LogP contribution in [0.15, 0.2) is 22.7 Å². The second kappa shape index (κ2) is 4.16. The number of benzene rings is 1. The van der Waals surface area contributed by atoms with Crippen molar-refractivity contribution in [2.24, 2.45) is 0 Å². The van der Waals surface area contributed by atoms with E-state index in [-0.39, 0.29) is 23.1 Å². The van der Waals surface area contributed by atoms with E-state index in [0.717, 1.165) is 6.07 Å². The van der Waals surface area contributed by atoms with Crippen LogP contribution < -0.4 is 5.73 Å². The Morgan fingerprint density at radius 3 is 2.59 bits per heavy atom. The van der Waals surface area contributed by atoms with Gasteiger partial charge >= 0.3 is 0 Å². The van der Waals surface area contributed by atoms with E-state index in [0.29, 0.717) is 5.76 Å². The molecule has 0 aliphatic carbocycles. The van der Waals surface area contributed by atoms with Crippen molar-refractivity contribution in [3.8, 4) is 11.5 Å². The first-order valence-corrected chi connectivity index (χ1v) is 5.20. The van der Waals surface area contributed by atoms with E-state index in [9.17, 15) is 8.78 Å². The zero-order valence-electron chi connectivity index (χ0n) is 9.50. The molecule has 1 heterocycles. The van der Waals surface area contributed by atoms with Gasteiger partial charge in [-0.05, 0) is 12.1 Å². The van der Waals surface area contributed by atoms with E-state index < -0.39 is 11.6 Å². The van der Waals surface area contributed by atoms with E-state index in [4.69, 9.17) is 10.2 Å². The Morgan fingerprint density at radius 2 is 2.00 bits per heavy atom.